The summed E-state index contributed by atoms with van der Waals surface area (Å²) in [6.07, 6.45) is 0.887. The van der Waals surface area contributed by atoms with Gasteiger partial charge in [0.25, 0.3) is 5.91 Å². The summed E-state index contributed by atoms with van der Waals surface area (Å²) >= 11 is 7.42. The number of pyridine rings is 2. The predicted octanol–water partition coefficient (Wildman–Crippen LogP) is 6.75. The van der Waals surface area contributed by atoms with E-state index in [2.05, 4.69) is 44.3 Å². The third-order valence-electron chi connectivity index (χ3n) is 8.23. The van der Waals surface area contributed by atoms with E-state index in [1.54, 1.807) is 12.3 Å². The van der Waals surface area contributed by atoms with Gasteiger partial charge in [-0.1, -0.05) is 17.7 Å². The van der Waals surface area contributed by atoms with Gasteiger partial charge in [-0.3, -0.25) is 9.52 Å². The van der Waals surface area contributed by atoms with E-state index in [9.17, 15) is 18.0 Å². The summed E-state index contributed by atoms with van der Waals surface area (Å²) in [6, 6.07) is 8.43. The molecular weight excluding hydrogens is 615 g/mol. The van der Waals surface area contributed by atoms with Gasteiger partial charge in [0.1, 0.15) is 16.0 Å². The number of carbonyl (C=O) groups is 1. The third-order valence-corrected chi connectivity index (χ3v) is 9.25. The number of ether oxygens (including phenoxy) is 1. The molecule has 14 heteroatoms. The van der Waals surface area contributed by atoms with Gasteiger partial charge in [0.05, 0.1) is 17.6 Å². The standard InChI is InChI=1S/C30H37ClF3N7O2S/c1-19-6-9-24(38-26(19)35-14-4-5-20-17-28(2,3)36-18-20)44-40-27(42)21-7-8-22(37-25(21)31)41-15-10-23(39-41)43-16-13-29(11-12-29)30(32,33)34/h6-10,15,20,36H,4-5,11-14,16-18H2,1-3H3,(H,35,38)(H,40,42). The Morgan fingerprint density at radius 2 is 2.00 bits per heavy atom. The molecule has 0 radical (unpaired) electrons. The van der Waals surface area contributed by atoms with Crippen LogP contribution in [-0.2, 0) is 0 Å². The number of amides is 1. The minimum absolute atomic E-state index is 0.0282. The van der Waals surface area contributed by atoms with Crippen molar-refractivity contribution in [2.24, 2.45) is 11.3 Å². The molecule has 1 amide bonds. The zero-order valence-electron chi connectivity index (χ0n) is 24.9. The lowest BCUT2D eigenvalue weighted by molar-refractivity contribution is -0.190. The molecule has 1 atom stereocenters. The SMILES string of the molecule is Cc1ccc(SNC(=O)c2ccc(-n3ccc(OCCC4(C(F)(F)F)CC4)n3)nc2Cl)nc1NCCCC1CNC(C)(C)C1. The molecule has 1 unspecified atom stereocenters. The molecule has 1 saturated carbocycles. The van der Waals surface area contributed by atoms with Crippen LogP contribution in [0, 0.1) is 18.3 Å². The highest BCUT2D eigenvalue weighted by Gasteiger charge is 2.62. The van der Waals surface area contributed by atoms with Crippen LogP contribution >= 0.6 is 23.5 Å². The Morgan fingerprint density at radius 1 is 1.20 bits per heavy atom. The lowest BCUT2D eigenvalue weighted by Gasteiger charge is -2.18. The van der Waals surface area contributed by atoms with Crippen LogP contribution in [0.25, 0.3) is 5.82 Å². The molecule has 2 fully saturated rings. The molecule has 1 aliphatic heterocycles. The number of anilines is 1. The van der Waals surface area contributed by atoms with Crippen LogP contribution in [0.3, 0.4) is 0 Å². The number of alkyl halides is 3. The second-order valence-corrected chi connectivity index (χ2v) is 13.4. The number of aryl methyl sites for hydroxylation is 1. The number of hydrogen-bond acceptors (Lipinski definition) is 8. The van der Waals surface area contributed by atoms with Gasteiger partial charge in [0, 0.05) is 36.3 Å². The third kappa shape index (κ3) is 7.97. The lowest BCUT2D eigenvalue weighted by atomic mass is 9.94. The Labute approximate surface area is 264 Å². The average Bonchev–Trinajstić information content (AvgIpc) is 3.49. The zero-order chi connectivity index (χ0) is 31.5. The molecule has 3 aromatic rings. The van der Waals surface area contributed by atoms with Crippen molar-refractivity contribution in [1.82, 2.24) is 29.8 Å². The topological polar surface area (TPSA) is 106 Å². The molecule has 9 nitrogen and oxygen atoms in total. The molecule has 2 aliphatic rings. The van der Waals surface area contributed by atoms with E-state index in [4.69, 9.17) is 16.3 Å². The fraction of sp³-hybridized carbons (Fsp3) is 0.533. The smallest absolute Gasteiger partial charge is 0.394 e. The lowest BCUT2D eigenvalue weighted by Crippen LogP contribution is -2.31. The Balaban J connectivity index is 1.10. The summed E-state index contributed by atoms with van der Waals surface area (Å²) in [5.41, 5.74) is -0.214. The highest BCUT2D eigenvalue weighted by atomic mass is 35.5. The summed E-state index contributed by atoms with van der Waals surface area (Å²) < 4.78 is 48.9. The molecule has 44 heavy (non-hydrogen) atoms. The Kier molecular flexibility index (Phi) is 9.66. The number of nitrogens with one attached hydrogen (secondary N) is 3. The van der Waals surface area contributed by atoms with Crippen molar-refractivity contribution >= 4 is 35.3 Å². The summed E-state index contributed by atoms with van der Waals surface area (Å²) in [4.78, 5) is 21.8. The van der Waals surface area contributed by atoms with E-state index < -0.39 is 17.5 Å². The molecule has 5 rings (SSSR count). The van der Waals surface area contributed by atoms with E-state index >= 15 is 0 Å². The van der Waals surface area contributed by atoms with Gasteiger partial charge in [-0.15, -0.1) is 5.10 Å². The first kappa shape index (κ1) is 32.4. The van der Waals surface area contributed by atoms with E-state index in [0.29, 0.717) is 16.8 Å². The van der Waals surface area contributed by atoms with Crippen LogP contribution in [0.15, 0.2) is 41.6 Å². The van der Waals surface area contributed by atoms with Crippen LogP contribution in [-0.4, -0.2) is 57.1 Å². The predicted molar refractivity (Wildman–Crippen MR) is 164 cm³/mol. The van der Waals surface area contributed by atoms with Crippen molar-refractivity contribution in [1.29, 1.82) is 0 Å². The Morgan fingerprint density at radius 3 is 2.68 bits per heavy atom. The molecule has 4 heterocycles. The van der Waals surface area contributed by atoms with Crippen LogP contribution < -0.4 is 20.1 Å². The van der Waals surface area contributed by atoms with Crippen LogP contribution in [0.5, 0.6) is 5.88 Å². The van der Waals surface area contributed by atoms with Crippen molar-refractivity contribution in [2.75, 3.05) is 25.0 Å². The number of halogens is 4. The minimum Gasteiger partial charge on any atom is -0.477 e. The quantitative estimate of drug-likeness (QED) is 0.106. The first-order valence-electron chi connectivity index (χ1n) is 14.7. The fourth-order valence-electron chi connectivity index (χ4n) is 5.40. The maximum atomic E-state index is 13.1. The van der Waals surface area contributed by atoms with Gasteiger partial charge in [-0.25, -0.2) is 14.6 Å². The highest BCUT2D eigenvalue weighted by Crippen LogP contribution is 2.59. The highest BCUT2D eigenvalue weighted by molar-refractivity contribution is 7.97. The number of nitrogens with zero attached hydrogens (tertiary/aromatic N) is 4. The van der Waals surface area contributed by atoms with Gasteiger partial charge < -0.3 is 15.4 Å². The van der Waals surface area contributed by atoms with Crippen LogP contribution in [0.1, 0.15) is 68.3 Å². The van der Waals surface area contributed by atoms with Crippen molar-refractivity contribution in [3.63, 3.8) is 0 Å². The molecule has 238 valence electrons. The monoisotopic (exact) mass is 651 g/mol. The van der Waals surface area contributed by atoms with E-state index in [1.807, 2.05) is 19.1 Å². The van der Waals surface area contributed by atoms with Crippen LogP contribution in [0.4, 0.5) is 19.0 Å². The van der Waals surface area contributed by atoms with Crippen LogP contribution in [0.2, 0.25) is 5.15 Å². The molecule has 3 N–H and O–H groups in total. The van der Waals surface area contributed by atoms with Crippen molar-refractivity contribution in [3.8, 4) is 11.7 Å². The fourth-order valence-corrected chi connectivity index (χ4v) is 6.21. The van der Waals surface area contributed by atoms with Gasteiger partial charge in [-0.05, 0) is 95.5 Å². The summed E-state index contributed by atoms with van der Waals surface area (Å²) in [5, 5.41) is 11.8. The number of hydrogen-bond donors (Lipinski definition) is 3. The first-order valence-corrected chi connectivity index (χ1v) is 15.9. The average molecular weight is 652 g/mol. The molecule has 0 spiro atoms. The second-order valence-electron chi connectivity index (χ2n) is 12.2. The zero-order valence-corrected chi connectivity index (χ0v) is 26.5. The molecule has 0 aromatic carbocycles. The van der Waals surface area contributed by atoms with E-state index in [1.165, 1.54) is 23.2 Å². The van der Waals surface area contributed by atoms with Crippen molar-refractivity contribution < 1.29 is 22.7 Å². The van der Waals surface area contributed by atoms with Crippen molar-refractivity contribution in [2.45, 2.75) is 76.0 Å². The van der Waals surface area contributed by atoms with Crippen molar-refractivity contribution in [3.05, 3.63) is 52.8 Å². The number of carbonyl (C=O) groups excluding carboxylic acids is 1. The number of aromatic nitrogens is 4. The second kappa shape index (κ2) is 13.1. The molecule has 1 saturated heterocycles. The Bertz CT molecular complexity index is 1480. The normalized spacial score (nSPS) is 18.7. The largest absolute Gasteiger partial charge is 0.477 e. The molecule has 0 bridgehead atoms. The summed E-state index contributed by atoms with van der Waals surface area (Å²) in [7, 11) is 0. The minimum atomic E-state index is -4.22. The maximum Gasteiger partial charge on any atom is 0.394 e. The molecular formula is C30H37ClF3N7O2S. The molecule has 1 aliphatic carbocycles. The Hall–Kier alpha value is -3.03. The van der Waals surface area contributed by atoms with Gasteiger partial charge in [-0.2, -0.15) is 13.2 Å². The van der Waals surface area contributed by atoms with Gasteiger partial charge >= 0.3 is 6.18 Å². The van der Waals surface area contributed by atoms with Gasteiger partial charge in [0.2, 0.25) is 5.88 Å². The summed E-state index contributed by atoms with van der Waals surface area (Å²) in [6.45, 7) is 8.27. The number of rotatable bonds is 13. The molecule has 3 aromatic heterocycles. The van der Waals surface area contributed by atoms with E-state index in [-0.39, 0.29) is 48.0 Å². The van der Waals surface area contributed by atoms with E-state index in [0.717, 1.165) is 49.3 Å². The maximum absolute atomic E-state index is 13.1. The summed E-state index contributed by atoms with van der Waals surface area (Å²) in [5.74, 6) is 1.54. The first-order chi connectivity index (χ1) is 20.8. The van der Waals surface area contributed by atoms with Gasteiger partial charge in [0.15, 0.2) is 5.82 Å².